The van der Waals surface area contributed by atoms with Crippen LogP contribution in [0.15, 0.2) is 42.6 Å². The number of pyridine rings is 1. The van der Waals surface area contributed by atoms with Gasteiger partial charge < -0.3 is 25.3 Å². The number of nitrogens with zero attached hydrogens (tertiary/aromatic N) is 3. The first-order valence-corrected chi connectivity index (χ1v) is 14.1. The molecule has 1 aromatic carbocycles. The van der Waals surface area contributed by atoms with Gasteiger partial charge in [0, 0.05) is 49.3 Å². The maximum absolute atomic E-state index is 13.7. The van der Waals surface area contributed by atoms with Crippen LogP contribution in [-0.2, 0) is 34.4 Å². The minimum Gasteiger partial charge on any atom is -0.480 e. The molecule has 1 amide bonds. The van der Waals surface area contributed by atoms with Gasteiger partial charge in [-0.3, -0.25) is 19.7 Å². The molecule has 11 nitrogen and oxygen atoms in total. The summed E-state index contributed by atoms with van der Waals surface area (Å²) in [5.74, 6) is -2.27. The number of aromatic nitrogens is 2. The maximum atomic E-state index is 13.7. The highest BCUT2D eigenvalue weighted by molar-refractivity contribution is 6.09. The predicted octanol–water partition coefficient (Wildman–Crippen LogP) is 3.21. The third-order valence-electron chi connectivity index (χ3n) is 7.15. The number of carbonyl (C=O) groups is 3. The van der Waals surface area contributed by atoms with Crippen molar-refractivity contribution in [2.24, 2.45) is 18.7 Å². The molecular weight excluding hydrogens is 538 g/mol. The number of carboxylic acids is 1. The highest BCUT2D eigenvalue weighted by atomic mass is 16.5. The average molecular weight is 578 g/mol. The number of unbranched alkanes of at least 4 members (excludes halogenated alkanes) is 1. The number of Topliss-reactive ketones (excluding diaryl/α,β-unsaturated/α-hetero) is 1. The lowest BCUT2D eigenvalue weighted by molar-refractivity contribution is -0.141. The van der Waals surface area contributed by atoms with E-state index in [0.29, 0.717) is 41.8 Å². The summed E-state index contributed by atoms with van der Waals surface area (Å²) in [6.07, 6.45) is 2.51. The molecule has 0 radical (unpaired) electrons. The van der Waals surface area contributed by atoms with Gasteiger partial charge in [-0.1, -0.05) is 37.3 Å². The lowest BCUT2D eigenvalue weighted by atomic mass is 9.93. The number of amides is 1. The lowest BCUT2D eigenvalue weighted by Crippen LogP contribution is -2.44. The van der Waals surface area contributed by atoms with E-state index in [1.54, 1.807) is 13.0 Å². The van der Waals surface area contributed by atoms with Crippen molar-refractivity contribution in [1.82, 2.24) is 14.9 Å². The summed E-state index contributed by atoms with van der Waals surface area (Å²) < 4.78 is 7.70. The fourth-order valence-corrected chi connectivity index (χ4v) is 5.03. The highest BCUT2D eigenvalue weighted by Crippen LogP contribution is 2.29. The Bertz CT molecular complexity index is 1410. The average Bonchev–Trinajstić information content (AvgIpc) is 3.23. The minimum atomic E-state index is -1.20. The molecule has 0 saturated carbocycles. The molecule has 3 aromatic rings. The van der Waals surface area contributed by atoms with Crippen LogP contribution in [0.3, 0.4) is 0 Å². The molecule has 224 valence electrons. The number of benzene rings is 1. The van der Waals surface area contributed by atoms with Gasteiger partial charge in [0.25, 0.3) is 0 Å². The Morgan fingerprint density at radius 1 is 1.21 bits per heavy atom. The number of nitrogens with one attached hydrogen (secondary N) is 1. The van der Waals surface area contributed by atoms with Gasteiger partial charge in [-0.25, -0.2) is 4.98 Å². The number of aryl methyl sites for hydroxylation is 1. The third kappa shape index (κ3) is 9.21. The van der Waals surface area contributed by atoms with Gasteiger partial charge in [0.15, 0.2) is 5.78 Å². The van der Waals surface area contributed by atoms with Gasteiger partial charge in [-0.15, -0.1) is 0 Å². The normalized spacial score (nSPS) is 13.4. The Morgan fingerprint density at radius 3 is 2.62 bits per heavy atom. The molecule has 0 aliphatic rings. The molecule has 3 atom stereocenters. The minimum absolute atomic E-state index is 0.0556. The molecule has 0 spiro atoms. The van der Waals surface area contributed by atoms with E-state index in [0.717, 1.165) is 24.1 Å². The molecule has 42 heavy (non-hydrogen) atoms. The third-order valence-corrected chi connectivity index (χ3v) is 7.15. The van der Waals surface area contributed by atoms with E-state index in [4.69, 9.17) is 10.5 Å². The van der Waals surface area contributed by atoms with Crippen LogP contribution in [0.4, 0.5) is 0 Å². The van der Waals surface area contributed by atoms with E-state index in [-0.39, 0.29) is 37.4 Å². The SMILES string of the molecule is C[C@@H](CC(=O)c1c(CCCCOCc2ccccc2)n(C)c2ncc(C#N)cc12)CC(O)N[C@@H](CCC(N)=O)C(=O)O. The molecule has 0 bridgehead atoms. The number of ketones is 1. The number of aliphatic carboxylic acids is 1. The maximum Gasteiger partial charge on any atom is 0.320 e. The van der Waals surface area contributed by atoms with Gasteiger partial charge in [0.1, 0.15) is 24.0 Å². The van der Waals surface area contributed by atoms with E-state index in [2.05, 4.69) is 16.4 Å². The van der Waals surface area contributed by atoms with E-state index < -0.39 is 24.1 Å². The van der Waals surface area contributed by atoms with Gasteiger partial charge in [-0.2, -0.15) is 5.26 Å². The highest BCUT2D eigenvalue weighted by Gasteiger charge is 2.26. The number of nitriles is 1. The van der Waals surface area contributed by atoms with Crippen LogP contribution in [0.1, 0.15) is 72.6 Å². The molecule has 1 unspecified atom stereocenters. The second-order valence-electron chi connectivity index (χ2n) is 10.6. The summed E-state index contributed by atoms with van der Waals surface area (Å²) in [7, 11) is 1.86. The lowest BCUT2D eigenvalue weighted by Gasteiger charge is -2.21. The number of ether oxygens (including phenoxy) is 1. The van der Waals surface area contributed by atoms with Crippen LogP contribution in [0.25, 0.3) is 11.0 Å². The number of fused-ring (bicyclic) bond motifs is 1. The van der Waals surface area contributed by atoms with Gasteiger partial charge in [-0.05, 0) is 49.7 Å². The zero-order valence-electron chi connectivity index (χ0n) is 24.1. The van der Waals surface area contributed by atoms with Crippen molar-refractivity contribution in [2.45, 2.75) is 70.7 Å². The summed E-state index contributed by atoms with van der Waals surface area (Å²) in [4.78, 5) is 40.7. The Morgan fingerprint density at radius 2 is 1.95 bits per heavy atom. The monoisotopic (exact) mass is 577 g/mol. The van der Waals surface area contributed by atoms with Crippen LogP contribution in [0.2, 0.25) is 0 Å². The van der Waals surface area contributed by atoms with Gasteiger partial charge in [0.2, 0.25) is 5.91 Å². The standard InChI is InChI=1S/C31H39N5O6/c1-20(15-28(39)35-24(31(40)41)11-12-27(33)38)14-26(37)29-23-16-22(17-32)18-34-30(23)36(2)25(29)10-6-7-13-42-19-21-8-4-3-5-9-21/h3-5,8-9,16,18,20,24,28,35,39H,6-7,10-15,19H2,1-2H3,(H2,33,38)(H,40,41)/t20-,24-,28?/m0/s1. The molecule has 0 saturated heterocycles. The Hall–Kier alpha value is -4.11. The number of aliphatic hydroxyl groups excluding tert-OH is 1. The number of carboxylic acid groups (broad SMARTS) is 1. The first kappa shape index (κ1) is 32.4. The number of carbonyl (C=O) groups excluding carboxylic acids is 2. The van der Waals surface area contributed by atoms with E-state index in [1.165, 1.54) is 6.20 Å². The summed E-state index contributed by atoms with van der Waals surface area (Å²) in [5.41, 5.74) is 8.53. The summed E-state index contributed by atoms with van der Waals surface area (Å²) >= 11 is 0. The summed E-state index contributed by atoms with van der Waals surface area (Å²) in [6, 6.07) is 12.6. The van der Waals surface area contributed by atoms with Crippen LogP contribution in [0, 0.1) is 17.2 Å². The van der Waals surface area contributed by atoms with Crippen molar-refractivity contribution >= 4 is 28.7 Å². The van der Waals surface area contributed by atoms with Crippen LogP contribution in [0.5, 0.6) is 0 Å². The molecule has 0 aliphatic carbocycles. The molecule has 0 aliphatic heterocycles. The molecule has 3 rings (SSSR count). The Labute approximate surface area is 245 Å². The van der Waals surface area contributed by atoms with Crippen molar-refractivity contribution < 1.29 is 29.3 Å². The van der Waals surface area contributed by atoms with Crippen molar-refractivity contribution in [1.29, 1.82) is 5.26 Å². The Balaban J connectivity index is 1.67. The second kappa shape index (κ2) is 15.8. The zero-order valence-corrected chi connectivity index (χ0v) is 24.1. The second-order valence-corrected chi connectivity index (χ2v) is 10.6. The molecule has 2 heterocycles. The van der Waals surface area contributed by atoms with Gasteiger partial charge >= 0.3 is 5.97 Å². The van der Waals surface area contributed by atoms with Crippen LogP contribution < -0.4 is 11.1 Å². The van der Waals surface area contributed by atoms with Crippen molar-refractivity contribution in [3.8, 4) is 6.07 Å². The van der Waals surface area contributed by atoms with E-state index in [1.807, 2.05) is 41.9 Å². The van der Waals surface area contributed by atoms with Crippen molar-refractivity contribution in [3.05, 3.63) is 65.0 Å². The summed E-state index contributed by atoms with van der Waals surface area (Å²) in [5, 5.41) is 32.5. The fourth-order valence-electron chi connectivity index (χ4n) is 5.03. The smallest absolute Gasteiger partial charge is 0.320 e. The van der Waals surface area contributed by atoms with Crippen molar-refractivity contribution in [2.75, 3.05) is 6.61 Å². The first-order valence-electron chi connectivity index (χ1n) is 14.1. The van der Waals surface area contributed by atoms with E-state index >= 15 is 0 Å². The van der Waals surface area contributed by atoms with E-state index in [9.17, 15) is 29.9 Å². The molecular formula is C31H39N5O6. The molecule has 5 N–H and O–H groups in total. The predicted molar refractivity (Wildman–Crippen MR) is 156 cm³/mol. The van der Waals surface area contributed by atoms with Crippen molar-refractivity contribution in [3.63, 3.8) is 0 Å². The number of rotatable bonds is 18. The molecule has 2 aromatic heterocycles. The van der Waals surface area contributed by atoms with Crippen LogP contribution >= 0.6 is 0 Å². The largest absolute Gasteiger partial charge is 0.480 e. The Kier molecular flexibility index (Phi) is 12.2. The zero-order chi connectivity index (χ0) is 30.6. The van der Waals surface area contributed by atoms with Gasteiger partial charge in [0.05, 0.1) is 12.2 Å². The van der Waals surface area contributed by atoms with Crippen LogP contribution in [-0.4, -0.2) is 56.3 Å². The molecule has 0 fully saturated rings. The quantitative estimate of drug-likeness (QED) is 0.100. The molecule has 11 heteroatoms. The summed E-state index contributed by atoms with van der Waals surface area (Å²) in [6.45, 7) is 2.92. The number of hydrogen-bond donors (Lipinski definition) is 4. The number of hydrogen-bond acceptors (Lipinski definition) is 8. The first-order chi connectivity index (χ1) is 20.1. The topological polar surface area (TPSA) is 181 Å². The number of aliphatic hydroxyl groups is 1. The fraction of sp³-hybridized carbons (Fsp3) is 0.452. The number of nitrogens with two attached hydrogens (primary N) is 1. The number of primary amides is 1.